The van der Waals surface area contributed by atoms with Gasteiger partial charge >= 0.3 is 5.97 Å². The van der Waals surface area contributed by atoms with Crippen molar-refractivity contribution in [2.45, 2.75) is 36.9 Å². The van der Waals surface area contributed by atoms with Crippen molar-refractivity contribution >= 4 is 27.8 Å². The van der Waals surface area contributed by atoms with Gasteiger partial charge in [-0.1, -0.05) is 5.16 Å². The molecule has 1 saturated carbocycles. The van der Waals surface area contributed by atoms with Gasteiger partial charge in [-0.2, -0.15) is 4.31 Å². The lowest BCUT2D eigenvalue weighted by Gasteiger charge is -2.26. The molecule has 2 fully saturated rings. The molecule has 7 nitrogen and oxygen atoms in total. The summed E-state index contributed by atoms with van der Waals surface area (Å²) in [4.78, 5) is 11.4. The second-order valence-corrected chi connectivity index (χ2v) is 8.45. The Kier molecular flexibility index (Phi) is 3.74. The van der Waals surface area contributed by atoms with E-state index in [1.807, 2.05) is 0 Å². The number of aliphatic carboxylic acids is 1. The quantitative estimate of drug-likeness (QED) is 0.860. The summed E-state index contributed by atoms with van der Waals surface area (Å²) in [5.74, 6) is -0.311. The summed E-state index contributed by atoms with van der Waals surface area (Å²) in [5, 5.41) is 12.7. The van der Waals surface area contributed by atoms with Crippen molar-refractivity contribution < 1.29 is 22.8 Å². The van der Waals surface area contributed by atoms with E-state index in [4.69, 9.17) is 4.52 Å². The van der Waals surface area contributed by atoms with Crippen LogP contribution in [-0.4, -0.2) is 46.1 Å². The Balaban J connectivity index is 1.87. The summed E-state index contributed by atoms with van der Waals surface area (Å²) in [7, 11) is -3.74. The fourth-order valence-corrected chi connectivity index (χ4v) is 6.41. The maximum absolute atomic E-state index is 12.6. The van der Waals surface area contributed by atoms with E-state index in [0.717, 1.165) is 12.8 Å². The Morgan fingerprint density at radius 1 is 1.57 bits per heavy atom. The third kappa shape index (κ3) is 2.95. The molecular weight excluding hydrogens is 316 g/mol. The highest BCUT2D eigenvalue weighted by atomic mass is 32.2. The number of carbonyl (C=O) groups is 1. The van der Waals surface area contributed by atoms with Gasteiger partial charge < -0.3 is 9.63 Å². The average Bonchev–Trinajstić information content (AvgIpc) is 2.99. The van der Waals surface area contributed by atoms with Crippen LogP contribution in [-0.2, 0) is 20.6 Å². The Bertz CT molecular complexity index is 652. The molecule has 1 N–H and O–H groups in total. The zero-order valence-corrected chi connectivity index (χ0v) is 13.1. The van der Waals surface area contributed by atoms with E-state index in [1.54, 1.807) is 13.0 Å². The van der Waals surface area contributed by atoms with Gasteiger partial charge in [0, 0.05) is 11.8 Å². The van der Waals surface area contributed by atoms with Crippen LogP contribution in [0.3, 0.4) is 0 Å². The van der Waals surface area contributed by atoms with E-state index in [2.05, 4.69) is 5.16 Å². The number of nitrogens with zero attached hydrogens (tertiary/aromatic N) is 2. The maximum Gasteiger partial charge on any atom is 0.322 e. The summed E-state index contributed by atoms with van der Waals surface area (Å²) >= 11 is 1.42. The highest BCUT2D eigenvalue weighted by Crippen LogP contribution is 2.46. The number of thioether (sulfide) groups is 1. The highest BCUT2D eigenvalue weighted by molar-refractivity contribution is 8.01. The van der Waals surface area contributed by atoms with Crippen molar-refractivity contribution in [3.05, 3.63) is 17.5 Å². The first-order valence-electron chi connectivity index (χ1n) is 6.66. The summed E-state index contributed by atoms with van der Waals surface area (Å²) < 4.78 is 31.3. The zero-order valence-electron chi connectivity index (χ0n) is 11.4. The molecule has 1 aromatic heterocycles. The van der Waals surface area contributed by atoms with Gasteiger partial charge in [0.2, 0.25) is 10.0 Å². The first kappa shape index (κ1) is 14.9. The van der Waals surface area contributed by atoms with Gasteiger partial charge in [0.25, 0.3) is 0 Å². The molecule has 0 bridgehead atoms. The van der Waals surface area contributed by atoms with Gasteiger partial charge in [-0.25, -0.2) is 8.42 Å². The highest BCUT2D eigenvalue weighted by Gasteiger charge is 2.51. The molecule has 1 aliphatic carbocycles. The second kappa shape index (κ2) is 5.29. The molecule has 2 aliphatic rings. The van der Waals surface area contributed by atoms with Crippen LogP contribution in [0.25, 0.3) is 0 Å². The van der Waals surface area contributed by atoms with Gasteiger partial charge in [0.1, 0.15) is 23.2 Å². The predicted molar refractivity (Wildman–Crippen MR) is 76.1 cm³/mol. The fourth-order valence-electron chi connectivity index (χ4n) is 2.52. The molecule has 3 rings (SSSR count). The van der Waals surface area contributed by atoms with Crippen LogP contribution in [0, 0.1) is 12.8 Å². The molecule has 0 amide bonds. The Labute approximate surface area is 126 Å². The number of aryl methyl sites for hydroxylation is 1. The lowest BCUT2D eigenvalue weighted by atomic mass is 10.3. The third-order valence-corrected chi connectivity index (χ3v) is 7.00. The molecule has 0 aromatic carbocycles. The van der Waals surface area contributed by atoms with Crippen LogP contribution in [0.15, 0.2) is 10.6 Å². The number of aromatic nitrogens is 1. The molecule has 1 aliphatic heterocycles. The van der Waals surface area contributed by atoms with Crippen molar-refractivity contribution in [2.75, 3.05) is 5.75 Å². The van der Waals surface area contributed by atoms with Crippen LogP contribution >= 0.6 is 11.8 Å². The minimum absolute atomic E-state index is 0.260. The molecular formula is C12H16N2O5S2. The maximum atomic E-state index is 12.6. The second-order valence-electron chi connectivity index (χ2n) is 5.43. The lowest BCUT2D eigenvalue weighted by molar-refractivity contribution is -0.140. The average molecular weight is 332 g/mol. The molecule has 0 radical (unpaired) electrons. The van der Waals surface area contributed by atoms with Gasteiger partial charge in [-0.3, -0.25) is 4.79 Å². The summed E-state index contributed by atoms with van der Waals surface area (Å²) in [5.41, 5.74) is 0.308. The molecule has 116 valence electrons. The Morgan fingerprint density at radius 2 is 2.29 bits per heavy atom. The van der Waals surface area contributed by atoms with E-state index in [0.29, 0.717) is 17.2 Å². The molecule has 1 aromatic rings. The molecule has 2 unspecified atom stereocenters. The number of sulfonamides is 1. The van der Waals surface area contributed by atoms with Crippen LogP contribution in [0.2, 0.25) is 0 Å². The summed E-state index contributed by atoms with van der Waals surface area (Å²) in [6, 6.07) is 0.571. The van der Waals surface area contributed by atoms with Gasteiger partial charge in [0.15, 0.2) is 0 Å². The van der Waals surface area contributed by atoms with Gasteiger partial charge in [0.05, 0.1) is 5.37 Å². The first-order valence-corrected chi connectivity index (χ1v) is 9.32. The lowest BCUT2D eigenvalue weighted by Crippen LogP contribution is -2.46. The Morgan fingerprint density at radius 3 is 2.81 bits per heavy atom. The SMILES string of the molecule is Cc1cc(CS(=O)(=O)N2C(C(=O)O)CSC2C2CC2)no1. The van der Waals surface area contributed by atoms with Crippen molar-refractivity contribution in [1.82, 2.24) is 9.46 Å². The number of carboxylic acid groups (broad SMARTS) is 1. The van der Waals surface area contributed by atoms with E-state index >= 15 is 0 Å². The van der Waals surface area contributed by atoms with Gasteiger partial charge in [-0.15, -0.1) is 11.8 Å². The minimum atomic E-state index is -3.74. The van der Waals surface area contributed by atoms with Gasteiger partial charge in [-0.05, 0) is 25.7 Å². The standard InChI is InChI=1S/C12H16N2O5S2/c1-7-4-9(13-19-7)6-21(17,18)14-10(12(15)16)5-20-11(14)8-2-3-8/h4,8,10-11H,2-3,5-6H2,1H3,(H,15,16). The smallest absolute Gasteiger partial charge is 0.322 e. The molecule has 2 atom stereocenters. The Hall–Kier alpha value is -1.06. The van der Waals surface area contributed by atoms with Crippen LogP contribution in [0.5, 0.6) is 0 Å². The molecule has 1 saturated heterocycles. The van der Waals surface area contributed by atoms with E-state index in [-0.39, 0.29) is 17.0 Å². The monoisotopic (exact) mass is 332 g/mol. The summed E-state index contributed by atoms with van der Waals surface area (Å²) in [6.07, 6.45) is 1.91. The van der Waals surface area contributed by atoms with E-state index in [9.17, 15) is 18.3 Å². The minimum Gasteiger partial charge on any atom is -0.480 e. The summed E-state index contributed by atoms with van der Waals surface area (Å²) in [6.45, 7) is 1.68. The van der Waals surface area contributed by atoms with Crippen molar-refractivity contribution in [1.29, 1.82) is 0 Å². The number of hydrogen-bond acceptors (Lipinski definition) is 6. The number of carboxylic acids is 1. The fraction of sp³-hybridized carbons (Fsp3) is 0.667. The van der Waals surface area contributed by atoms with Crippen molar-refractivity contribution in [3.8, 4) is 0 Å². The molecule has 2 heterocycles. The first-order chi connectivity index (χ1) is 9.88. The van der Waals surface area contributed by atoms with E-state index < -0.39 is 22.0 Å². The van der Waals surface area contributed by atoms with Crippen LogP contribution in [0.4, 0.5) is 0 Å². The number of hydrogen-bond donors (Lipinski definition) is 1. The predicted octanol–water partition coefficient (Wildman–Crippen LogP) is 1.05. The number of rotatable bonds is 5. The largest absolute Gasteiger partial charge is 0.480 e. The molecule has 0 spiro atoms. The molecule has 9 heteroatoms. The molecule has 21 heavy (non-hydrogen) atoms. The third-order valence-electron chi connectivity index (χ3n) is 3.62. The normalized spacial score (nSPS) is 27.1. The van der Waals surface area contributed by atoms with Crippen molar-refractivity contribution in [3.63, 3.8) is 0 Å². The van der Waals surface area contributed by atoms with Crippen LogP contribution in [0.1, 0.15) is 24.3 Å². The topological polar surface area (TPSA) is 101 Å². The zero-order chi connectivity index (χ0) is 15.2. The van der Waals surface area contributed by atoms with E-state index in [1.165, 1.54) is 16.1 Å². The van der Waals surface area contributed by atoms with Crippen molar-refractivity contribution in [2.24, 2.45) is 5.92 Å². The van der Waals surface area contributed by atoms with Crippen LogP contribution < -0.4 is 0 Å².